The second-order valence-corrected chi connectivity index (χ2v) is 3.57. The summed E-state index contributed by atoms with van der Waals surface area (Å²) in [6, 6.07) is 0.993. The van der Waals surface area contributed by atoms with Gasteiger partial charge in [-0.2, -0.15) is 0 Å². The van der Waals surface area contributed by atoms with Crippen molar-refractivity contribution in [2.24, 2.45) is 0 Å². The molecule has 9 nitrogen and oxygen atoms in total. The zero-order valence-corrected chi connectivity index (χ0v) is 10.2. The van der Waals surface area contributed by atoms with E-state index in [0.717, 1.165) is 24.3 Å². The quantitative estimate of drug-likeness (QED) is 0.459. The van der Waals surface area contributed by atoms with Gasteiger partial charge in [0.05, 0.1) is 17.6 Å². The highest BCUT2D eigenvalue weighted by Gasteiger charge is 2.23. The van der Waals surface area contributed by atoms with Crippen LogP contribution in [0.3, 0.4) is 0 Å². The first-order chi connectivity index (χ1) is 8.86. The van der Waals surface area contributed by atoms with Crippen molar-refractivity contribution >= 4 is 23.4 Å². The van der Waals surface area contributed by atoms with E-state index in [1.54, 1.807) is 0 Å². The minimum atomic E-state index is -1.16. The lowest BCUT2D eigenvalue weighted by Gasteiger charge is -2.15. The molecule has 0 saturated carbocycles. The summed E-state index contributed by atoms with van der Waals surface area (Å²) >= 11 is 0. The summed E-state index contributed by atoms with van der Waals surface area (Å²) in [5.41, 5.74) is -0.548. The molecule has 0 atom stereocenters. The molecule has 1 N–H and O–H groups in total. The van der Waals surface area contributed by atoms with Crippen molar-refractivity contribution in [3.05, 3.63) is 27.9 Å². The molecule has 0 fully saturated rings. The fourth-order valence-electron chi connectivity index (χ4n) is 1.38. The van der Waals surface area contributed by atoms with Crippen LogP contribution in [0.5, 0.6) is 0 Å². The number of likely N-dealkylation sites (N-methyl/N-ethyl adjacent to an activating group) is 1. The van der Waals surface area contributed by atoms with Crippen LogP contribution in [0.1, 0.15) is 10.4 Å². The Morgan fingerprint density at radius 3 is 2.68 bits per heavy atom. The summed E-state index contributed by atoms with van der Waals surface area (Å²) in [5, 5.41) is 19.6. The van der Waals surface area contributed by atoms with E-state index in [1.807, 2.05) is 0 Å². The lowest BCUT2D eigenvalue weighted by atomic mass is 10.2. The molecule has 0 amide bonds. The lowest BCUT2D eigenvalue weighted by molar-refractivity contribution is -0.384. The number of ether oxygens (including phenoxy) is 1. The molecule has 0 aliphatic heterocycles. The van der Waals surface area contributed by atoms with Crippen LogP contribution in [-0.2, 0) is 9.53 Å². The number of hydrogen-bond acceptors (Lipinski definition) is 7. The van der Waals surface area contributed by atoms with Gasteiger partial charge in [0.15, 0.2) is 0 Å². The fourth-order valence-corrected chi connectivity index (χ4v) is 1.38. The van der Waals surface area contributed by atoms with Crippen LogP contribution >= 0.6 is 0 Å². The molecular weight excluding hydrogens is 258 g/mol. The first kappa shape index (κ1) is 14.4. The fraction of sp³-hybridized carbons (Fsp3) is 0.300. The molecule has 0 aliphatic carbocycles. The molecule has 0 spiro atoms. The lowest BCUT2D eigenvalue weighted by Crippen LogP contribution is -2.26. The van der Waals surface area contributed by atoms with E-state index in [4.69, 9.17) is 5.11 Å². The highest BCUT2D eigenvalue weighted by molar-refractivity contribution is 5.90. The maximum Gasteiger partial charge on any atom is 0.339 e. The van der Waals surface area contributed by atoms with Gasteiger partial charge in [-0.15, -0.1) is 0 Å². The molecule has 102 valence electrons. The number of nitrogens with zero attached hydrogens (tertiary/aromatic N) is 3. The second-order valence-electron chi connectivity index (χ2n) is 3.57. The largest absolute Gasteiger partial charge is 0.480 e. The number of carboxylic acid groups (broad SMARTS) is 1. The smallest absolute Gasteiger partial charge is 0.339 e. The number of nitro groups is 1. The number of methoxy groups -OCH3 is 1. The van der Waals surface area contributed by atoms with Crippen LogP contribution < -0.4 is 4.90 Å². The zero-order chi connectivity index (χ0) is 14.6. The SMILES string of the molecule is COC(=O)c1cnc(N(C)CC(=O)O)c([N+](=O)[O-])c1. The molecule has 9 heteroatoms. The number of pyridine rings is 1. The van der Waals surface area contributed by atoms with Crippen LogP contribution in [0.15, 0.2) is 12.3 Å². The molecule has 19 heavy (non-hydrogen) atoms. The maximum atomic E-state index is 11.3. The summed E-state index contributed by atoms with van der Waals surface area (Å²) in [7, 11) is 2.49. The topological polar surface area (TPSA) is 123 Å². The number of anilines is 1. The third kappa shape index (κ3) is 3.37. The molecule has 1 aromatic heterocycles. The van der Waals surface area contributed by atoms with Crippen molar-refractivity contribution in [3.8, 4) is 0 Å². The number of hydrogen-bond donors (Lipinski definition) is 1. The van der Waals surface area contributed by atoms with E-state index in [-0.39, 0.29) is 11.4 Å². The Morgan fingerprint density at radius 2 is 2.21 bits per heavy atom. The molecule has 0 unspecified atom stereocenters. The molecule has 0 bridgehead atoms. The Bertz CT molecular complexity index is 530. The average molecular weight is 269 g/mol. The van der Waals surface area contributed by atoms with Crippen LogP contribution in [0.4, 0.5) is 11.5 Å². The van der Waals surface area contributed by atoms with E-state index < -0.39 is 29.1 Å². The van der Waals surface area contributed by atoms with Gasteiger partial charge in [0.1, 0.15) is 6.54 Å². The van der Waals surface area contributed by atoms with Crippen LogP contribution in [0.25, 0.3) is 0 Å². The summed E-state index contributed by atoms with van der Waals surface area (Å²) < 4.78 is 4.43. The average Bonchev–Trinajstić information content (AvgIpc) is 2.36. The molecule has 0 saturated heterocycles. The van der Waals surface area contributed by atoms with Crippen molar-refractivity contribution in [3.63, 3.8) is 0 Å². The van der Waals surface area contributed by atoms with E-state index >= 15 is 0 Å². The Morgan fingerprint density at radius 1 is 1.58 bits per heavy atom. The van der Waals surface area contributed by atoms with Crippen molar-refractivity contribution < 1.29 is 24.4 Å². The summed E-state index contributed by atoms with van der Waals surface area (Å²) in [5.74, 6) is -2.06. The molecule has 0 radical (unpaired) electrons. The third-order valence-electron chi connectivity index (χ3n) is 2.20. The molecular formula is C10H11N3O6. The first-order valence-electron chi connectivity index (χ1n) is 5.02. The monoisotopic (exact) mass is 269 g/mol. The number of carbonyl (C=O) groups excluding carboxylic acids is 1. The number of carbonyl (C=O) groups is 2. The molecule has 1 aromatic rings. The van der Waals surface area contributed by atoms with Gasteiger partial charge in [-0.05, 0) is 0 Å². The number of aliphatic carboxylic acids is 1. The first-order valence-corrected chi connectivity index (χ1v) is 5.02. The van der Waals surface area contributed by atoms with Crippen molar-refractivity contribution in [1.29, 1.82) is 0 Å². The summed E-state index contributed by atoms with van der Waals surface area (Å²) in [6.07, 6.45) is 1.09. The van der Waals surface area contributed by atoms with Gasteiger partial charge in [0.2, 0.25) is 5.82 Å². The second kappa shape index (κ2) is 5.76. The van der Waals surface area contributed by atoms with Gasteiger partial charge in [-0.1, -0.05) is 0 Å². The predicted molar refractivity (Wildman–Crippen MR) is 63.1 cm³/mol. The number of aromatic nitrogens is 1. The van der Waals surface area contributed by atoms with Crippen molar-refractivity contribution in [2.75, 3.05) is 25.6 Å². The molecule has 0 aromatic carbocycles. The predicted octanol–water partition coefficient (Wildman–Crippen LogP) is 0.297. The molecule has 1 rings (SSSR count). The van der Waals surface area contributed by atoms with Crippen molar-refractivity contribution in [2.45, 2.75) is 0 Å². The van der Waals surface area contributed by atoms with Gasteiger partial charge >= 0.3 is 17.6 Å². The van der Waals surface area contributed by atoms with Crippen molar-refractivity contribution in [1.82, 2.24) is 4.98 Å². The van der Waals surface area contributed by atoms with E-state index in [1.165, 1.54) is 7.05 Å². The van der Waals surface area contributed by atoms with Crippen LogP contribution in [0, 0.1) is 10.1 Å². The van der Waals surface area contributed by atoms with Gasteiger partial charge in [0, 0.05) is 19.3 Å². The van der Waals surface area contributed by atoms with E-state index in [2.05, 4.69) is 9.72 Å². The zero-order valence-electron chi connectivity index (χ0n) is 10.2. The van der Waals surface area contributed by atoms with Gasteiger partial charge in [-0.3, -0.25) is 14.9 Å². The Hall–Kier alpha value is -2.71. The van der Waals surface area contributed by atoms with E-state index in [9.17, 15) is 19.7 Å². The molecule has 0 aliphatic rings. The minimum absolute atomic E-state index is 0.0818. The van der Waals surface area contributed by atoms with Crippen LogP contribution in [-0.4, -0.2) is 47.7 Å². The van der Waals surface area contributed by atoms with Gasteiger partial charge in [-0.25, -0.2) is 9.78 Å². The maximum absolute atomic E-state index is 11.3. The number of carboxylic acids is 1. The highest BCUT2D eigenvalue weighted by Crippen LogP contribution is 2.25. The van der Waals surface area contributed by atoms with E-state index in [0.29, 0.717) is 0 Å². The van der Waals surface area contributed by atoms with Crippen LogP contribution in [0.2, 0.25) is 0 Å². The minimum Gasteiger partial charge on any atom is -0.480 e. The molecule has 1 heterocycles. The Labute approximate surface area is 107 Å². The third-order valence-corrected chi connectivity index (χ3v) is 2.20. The normalized spacial score (nSPS) is 9.79. The summed E-state index contributed by atoms with van der Waals surface area (Å²) in [6.45, 7) is -0.453. The Balaban J connectivity index is 3.22. The van der Waals surface area contributed by atoms with Gasteiger partial charge in [0.25, 0.3) is 0 Å². The van der Waals surface area contributed by atoms with Gasteiger partial charge < -0.3 is 14.7 Å². The highest BCUT2D eigenvalue weighted by atomic mass is 16.6. The number of rotatable bonds is 5. The number of esters is 1. The standard InChI is InChI=1S/C10H11N3O6/c1-12(5-8(14)15)9-7(13(17)18)3-6(4-11-9)10(16)19-2/h3-4H,5H2,1-2H3,(H,14,15). The summed E-state index contributed by atoms with van der Waals surface area (Å²) in [4.78, 5) is 36.8. The Kier molecular flexibility index (Phi) is 4.35.